The standard InChI is InChI=1S/C15H18OS/c1-10(2)14(9-17)11(3)13-5-4-12-6-7-16-15(12)8-13/h4-5,8,17H,1,6-7,9H2,2-3H3/b14-11+. The molecular weight excluding hydrogens is 228 g/mol. The highest BCUT2D eigenvalue weighted by Gasteiger charge is 2.13. The smallest absolute Gasteiger partial charge is 0.123 e. The van der Waals surface area contributed by atoms with E-state index in [9.17, 15) is 0 Å². The van der Waals surface area contributed by atoms with Crippen molar-refractivity contribution in [3.63, 3.8) is 0 Å². The quantitative estimate of drug-likeness (QED) is 0.628. The minimum Gasteiger partial charge on any atom is -0.493 e. The first-order valence-electron chi connectivity index (χ1n) is 5.86. The predicted octanol–water partition coefficient (Wildman–Crippen LogP) is 3.90. The average molecular weight is 246 g/mol. The second kappa shape index (κ2) is 5.01. The van der Waals surface area contributed by atoms with E-state index in [0.717, 1.165) is 30.1 Å². The molecule has 0 bridgehead atoms. The Bertz CT molecular complexity index is 486. The van der Waals surface area contributed by atoms with Crippen molar-refractivity contribution in [3.8, 4) is 5.75 Å². The molecule has 17 heavy (non-hydrogen) atoms. The summed E-state index contributed by atoms with van der Waals surface area (Å²) < 4.78 is 5.60. The molecule has 0 saturated heterocycles. The number of benzene rings is 1. The Kier molecular flexibility index (Phi) is 3.63. The summed E-state index contributed by atoms with van der Waals surface area (Å²) in [7, 11) is 0. The number of allylic oxidation sites excluding steroid dienone is 2. The van der Waals surface area contributed by atoms with Gasteiger partial charge in [0.1, 0.15) is 5.75 Å². The van der Waals surface area contributed by atoms with Crippen LogP contribution < -0.4 is 4.74 Å². The Morgan fingerprint density at radius 2 is 2.18 bits per heavy atom. The normalized spacial score (nSPS) is 15.0. The second-order valence-electron chi connectivity index (χ2n) is 4.46. The van der Waals surface area contributed by atoms with Crippen LogP contribution in [0, 0.1) is 0 Å². The molecule has 1 aliphatic heterocycles. The van der Waals surface area contributed by atoms with Crippen LogP contribution in [-0.4, -0.2) is 12.4 Å². The van der Waals surface area contributed by atoms with Crippen molar-refractivity contribution in [2.24, 2.45) is 0 Å². The maximum atomic E-state index is 5.60. The molecule has 0 N–H and O–H groups in total. The second-order valence-corrected chi connectivity index (χ2v) is 4.78. The van der Waals surface area contributed by atoms with Crippen LogP contribution in [0.15, 0.2) is 35.9 Å². The molecule has 0 saturated carbocycles. The maximum Gasteiger partial charge on any atom is 0.123 e. The Hall–Kier alpha value is -1.15. The fraction of sp³-hybridized carbons (Fsp3) is 0.333. The maximum absolute atomic E-state index is 5.60. The lowest BCUT2D eigenvalue weighted by Crippen LogP contribution is -1.93. The monoisotopic (exact) mass is 246 g/mol. The molecule has 0 radical (unpaired) electrons. The average Bonchev–Trinajstić information content (AvgIpc) is 2.75. The van der Waals surface area contributed by atoms with Gasteiger partial charge < -0.3 is 4.74 Å². The van der Waals surface area contributed by atoms with E-state index in [1.54, 1.807) is 0 Å². The molecule has 1 aliphatic rings. The minimum absolute atomic E-state index is 0.721. The Labute approximate surface area is 109 Å². The highest BCUT2D eigenvalue weighted by atomic mass is 32.1. The minimum atomic E-state index is 0.721. The Balaban J connectivity index is 2.43. The molecule has 0 spiro atoms. The number of hydrogen-bond donors (Lipinski definition) is 1. The van der Waals surface area contributed by atoms with E-state index in [0.29, 0.717) is 0 Å². The van der Waals surface area contributed by atoms with Crippen molar-refractivity contribution in [1.29, 1.82) is 0 Å². The van der Waals surface area contributed by atoms with Gasteiger partial charge in [-0.3, -0.25) is 0 Å². The Morgan fingerprint density at radius 3 is 2.82 bits per heavy atom. The fourth-order valence-corrected chi connectivity index (χ4v) is 2.65. The zero-order valence-electron chi connectivity index (χ0n) is 10.4. The summed E-state index contributed by atoms with van der Waals surface area (Å²) in [5.41, 5.74) is 6.05. The third-order valence-corrected chi connectivity index (χ3v) is 3.57. The van der Waals surface area contributed by atoms with Crippen LogP contribution in [0.25, 0.3) is 5.57 Å². The Morgan fingerprint density at radius 1 is 1.41 bits per heavy atom. The van der Waals surface area contributed by atoms with Crippen LogP contribution in [-0.2, 0) is 6.42 Å². The summed E-state index contributed by atoms with van der Waals surface area (Å²) in [5.74, 6) is 1.75. The van der Waals surface area contributed by atoms with E-state index in [1.807, 2.05) is 6.92 Å². The summed E-state index contributed by atoms with van der Waals surface area (Å²) in [6, 6.07) is 6.45. The fourth-order valence-electron chi connectivity index (χ4n) is 2.15. The topological polar surface area (TPSA) is 9.23 Å². The molecule has 0 amide bonds. The molecule has 0 unspecified atom stereocenters. The molecule has 0 aliphatic carbocycles. The molecule has 90 valence electrons. The lowest BCUT2D eigenvalue weighted by Gasteiger charge is -2.11. The zero-order chi connectivity index (χ0) is 12.4. The molecule has 1 aromatic rings. The molecule has 2 heteroatoms. The molecule has 1 nitrogen and oxygen atoms in total. The first-order valence-corrected chi connectivity index (χ1v) is 6.49. The summed E-state index contributed by atoms with van der Waals surface area (Å²) >= 11 is 4.38. The van der Waals surface area contributed by atoms with Crippen molar-refractivity contribution in [2.75, 3.05) is 12.4 Å². The highest BCUT2D eigenvalue weighted by molar-refractivity contribution is 7.80. The van der Waals surface area contributed by atoms with Gasteiger partial charge in [-0.05, 0) is 42.2 Å². The molecule has 1 heterocycles. The van der Waals surface area contributed by atoms with E-state index < -0.39 is 0 Å². The van der Waals surface area contributed by atoms with Crippen LogP contribution >= 0.6 is 12.6 Å². The van der Waals surface area contributed by atoms with Gasteiger partial charge in [-0.1, -0.05) is 24.3 Å². The van der Waals surface area contributed by atoms with Gasteiger partial charge >= 0.3 is 0 Å². The molecule has 0 aromatic heterocycles. The van der Waals surface area contributed by atoms with E-state index >= 15 is 0 Å². The summed E-state index contributed by atoms with van der Waals surface area (Å²) in [6.45, 7) is 8.96. The van der Waals surface area contributed by atoms with Crippen molar-refractivity contribution in [2.45, 2.75) is 20.3 Å². The third kappa shape index (κ3) is 2.42. The van der Waals surface area contributed by atoms with Crippen LogP contribution in [0.5, 0.6) is 5.75 Å². The van der Waals surface area contributed by atoms with Gasteiger partial charge in [0.25, 0.3) is 0 Å². The predicted molar refractivity (Wildman–Crippen MR) is 76.9 cm³/mol. The molecule has 0 atom stereocenters. The van der Waals surface area contributed by atoms with Crippen LogP contribution in [0.4, 0.5) is 0 Å². The summed E-state index contributed by atoms with van der Waals surface area (Å²) in [5, 5.41) is 0. The summed E-state index contributed by atoms with van der Waals surface area (Å²) in [6.07, 6.45) is 1.03. The van der Waals surface area contributed by atoms with E-state index in [2.05, 4.69) is 44.3 Å². The number of rotatable bonds is 3. The van der Waals surface area contributed by atoms with Crippen molar-refractivity contribution in [3.05, 3.63) is 47.1 Å². The van der Waals surface area contributed by atoms with Gasteiger partial charge in [-0.2, -0.15) is 12.6 Å². The van der Waals surface area contributed by atoms with Gasteiger partial charge in [-0.15, -0.1) is 0 Å². The van der Waals surface area contributed by atoms with Crippen molar-refractivity contribution >= 4 is 18.2 Å². The van der Waals surface area contributed by atoms with Gasteiger partial charge in [0, 0.05) is 12.2 Å². The molecule has 0 fully saturated rings. The van der Waals surface area contributed by atoms with Gasteiger partial charge in [-0.25, -0.2) is 0 Å². The van der Waals surface area contributed by atoms with Gasteiger partial charge in [0.2, 0.25) is 0 Å². The summed E-state index contributed by atoms with van der Waals surface area (Å²) in [4.78, 5) is 0. The highest BCUT2D eigenvalue weighted by Crippen LogP contribution is 2.31. The van der Waals surface area contributed by atoms with E-state index in [-0.39, 0.29) is 0 Å². The van der Waals surface area contributed by atoms with Gasteiger partial charge in [0.15, 0.2) is 0 Å². The molecular formula is C15H18OS. The SMILES string of the molecule is C=C(C)/C(CS)=C(\C)c1ccc2c(c1)OCC2. The van der Waals surface area contributed by atoms with Crippen LogP contribution in [0.3, 0.4) is 0 Å². The lowest BCUT2D eigenvalue weighted by molar-refractivity contribution is 0.356. The first kappa shape index (κ1) is 12.3. The van der Waals surface area contributed by atoms with Crippen LogP contribution in [0.1, 0.15) is 25.0 Å². The van der Waals surface area contributed by atoms with Crippen LogP contribution in [0.2, 0.25) is 0 Å². The number of ether oxygens (including phenoxy) is 1. The third-order valence-electron chi connectivity index (χ3n) is 3.26. The van der Waals surface area contributed by atoms with Gasteiger partial charge in [0.05, 0.1) is 6.61 Å². The number of fused-ring (bicyclic) bond motifs is 1. The number of hydrogen-bond acceptors (Lipinski definition) is 2. The zero-order valence-corrected chi connectivity index (χ0v) is 11.3. The van der Waals surface area contributed by atoms with Crippen molar-refractivity contribution < 1.29 is 4.74 Å². The van der Waals surface area contributed by atoms with E-state index in [4.69, 9.17) is 4.74 Å². The molecule has 2 rings (SSSR count). The molecule has 1 aromatic carbocycles. The van der Waals surface area contributed by atoms with Crippen molar-refractivity contribution in [1.82, 2.24) is 0 Å². The van der Waals surface area contributed by atoms with E-state index in [1.165, 1.54) is 22.3 Å². The first-order chi connectivity index (χ1) is 8.13. The largest absolute Gasteiger partial charge is 0.493 e. The lowest BCUT2D eigenvalue weighted by atomic mass is 9.97. The number of thiol groups is 1.